The van der Waals surface area contributed by atoms with Crippen LogP contribution in [0.15, 0.2) is 41.8 Å². The molecule has 1 heterocycles. The second-order valence-corrected chi connectivity index (χ2v) is 5.30. The number of halogens is 3. The van der Waals surface area contributed by atoms with Crippen molar-refractivity contribution in [3.8, 4) is 0 Å². The molecule has 2 aromatic rings. The van der Waals surface area contributed by atoms with Gasteiger partial charge in [-0.1, -0.05) is 11.8 Å². The molecule has 0 saturated heterocycles. The maximum atomic E-state index is 12.6. The highest BCUT2D eigenvalue weighted by atomic mass is 32.2. The molecule has 1 aromatic heterocycles. The van der Waals surface area contributed by atoms with Gasteiger partial charge in [-0.3, -0.25) is 14.9 Å². The molecule has 0 spiro atoms. The number of nitrogens with zero attached hydrogens (tertiary/aromatic N) is 3. The largest absolute Gasteiger partial charge is 0.416 e. The lowest BCUT2D eigenvalue weighted by atomic mass is 10.1. The molecule has 0 aliphatic carbocycles. The summed E-state index contributed by atoms with van der Waals surface area (Å²) in [6.45, 7) is 0. The Morgan fingerprint density at radius 1 is 1.29 bits per heavy atom. The van der Waals surface area contributed by atoms with Gasteiger partial charge in [-0.2, -0.15) is 13.2 Å². The third-order valence-electron chi connectivity index (χ3n) is 2.67. The molecule has 1 aromatic carbocycles. The minimum absolute atomic E-state index is 0.151. The summed E-state index contributed by atoms with van der Waals surface area (Å²) in [6.07, 6.45) is -1.75. The lowest BCUT2D eigenvalue weighted by Gasteiger charge is -2.09. The van der Waals surface area contributed by atoms with Gasteiger partial charge in [0.15, 0.2) is 5.16 Å². The van der Waals surface area contributed by atoms with E-state index in [0.29, 0.717) is 17.3 Å². The molecule has 126 valence electrons. The van der Waals surface area contributed by atoms with Gasteiger partial charge in [-0.05, 0) is 18.2 Å². The number of rotatable bonds is 5. The van der Waals surface area contributed by atoms with E-state index in [4.69, 9.17) is 0 Å². The molecule has 1 amide bonds. The quantitative estimate of drug-likeness (QED) is 0.382. The first-order valence-electron chi connectivity index (χ1n) is 6.32. The Morgan fingerprint density at radius 3 is 2.54 bits per heavy atom. The van der Waals surface area contributed by atoms with Crippen molar-refractivity contribution in [1.29, 1.82) is 0 Å². The number of hydrogen-bond donors (Lipinski definition) is 1. The van der Waals surface area contributed by atoms with Gasteiger partial charge in [0.25, 0.3) is 5.69 Å². The summed E-state index contributed by atoms with van der Waals surface area (Å²) in [5, 5.41) is 13.5. The minimum atomic E-state index is -4.71. The Morgan fingerprint density at radius 2 is 1.96 bits per heavy atom. The molecule has 0 bridgehead atoms. The molecule has 0 atom stereocenters. The number of aromatic nitrogens is 2. The molecular formula is C13H9F3N4O3S. The Bertz CT molecular complexity index is 756. The predicted molar refractivity (Wildman–Crippen MR) is 79.5 cm³/mol. The average molecular weight is 358 g/mol. The van der Waals surface area contributed by atoms with Crippen LogP contribution < -0.4 is 5.32 Å². The molecule has 0 fully saturated rings. The average Bonchev–Trinajstić information content (AvgIpc) is 2.53. The lowest BCUT2D eigenvalue weighted by molar-refractivity contribution is -0.384. The van der Waals surface area contributed by atoms with Crippen LogP contribution in [-0.4, -0.2) is 26.6 Å². The third-order valence-corrected chi connectivity index (χ3v) is 3.55. The zero-order valence-corrected chi connectivity index (χ0v) is 12.6. The van der Waals surface area contributed by atoms with Gasteiger partial charge in [0.05, 0.1) is 16.2 Å². The number of nitro benzene ring substituents is 1. The zero-order valence-electron chi connectivity index (χ0n) is 11.8. The van der Waals surface area contributed by atoms with Gasteiger partial charge in [0.2, 0.25) is 5.91 Å². The fourth-order valence-corrected chi connectivity index (χ4v) is 2.24. The van der Waals surface area contributed by atoms with Crippen molar-refractivity contribution < 1.29 is 22.9 Å². The zero-order chi connectivity index (χ0) is 17.7. The molecule has 11 heteroatoms. The number of hydrogen-bond acceptors (Lipinski definition) is 6. The summed E-state index contributed by atoms with van der Waals surface area (Å²) in [5.41, 5.74) is -2.31. The fourth-order valence-electron chi connectivity index (χ4n) is 1.64. The number of anilines is 1. The fraction of sp³-hybridized carbons (Fsp3) is 0.154. The Balaban J connectivity index is 2.11. The number of alkyl halides is 3. The molecule has 0 radical (unpaired) electrons. The van der Waals surface area contributed by atoms with E-state index < -0.39 is 28.3 Å². The van der Waals surface area contributed by atoms with Crippen molar-refractivity contribution >= 4 is 29.0 Å². The number of nitro groups is 1. The maximum Gasteiger partial charge on any atom is 0.416 e. The molecule has 0 unspecified atom stereocenters. The summed E-state index contributed by atoms with van der Waals surface area (Å²) in [5.74, 6) is -0.780. The Hall–Kier alpha value is -2.69. The number of amides is 1. The number of nitrogens with one attached hydrogen (secondary N) is 1. The van der Waals surface area contributed by atoms with E-state index in [1.165, 1.54) is 12.4 Å². The van der Waals surface area contributed by atoms with E-state index in [0.717, 1.165) is 17.8 Å². The topological polar surface area (TPSA) is 98.0 Å². The molecule has 7 nitrogen and oxygen atoms in total. The smallest absolute Gasteiger partial charge is 0.320 e. The van der Waals surface area contributed by atoms with Crippen LogP contribution in [0.2, 0.25) is 0 Å². The summed E-state index contributed by atoms with van der Waals surface area (Å²) in [7, 11) is 0. The van der Waals surface area contributed by atoms with Gasteiger partial charge in [0, 0.05) is 18.5 Å². The lowest BCUT2D eigenvalue weighted by Crippen LogP contribution is -2.16. The van der Waals surface area contributed by atoms with Gasteiger partial charge >= 0.3 is 6.18 Å². The minimum Gasteiger partial charge on any atom is -0.320 e. The van der Waals surface area contributed by atoms with Gasteiger partial charge in [0.1, 0.15) is 5.69 Å². The standard InChI is InChI=1S/C13H9F3N4O3S/c14-13(15,16)8-2-3-9(10(6-8)20(22)23)19-11(21)7-24-12-17-4-1-5-18-12/h1-6H,7H2,(H,19,21). The normalized spacial score (nSPS) is 11.1. The van der Waals surface area contributed by atoms with Crippen molar-refractivity contribution in [3.05, 3.63) is 52.3 Å². The third kappa shape index (κ3) is 4.65. The number of thioether (sulfide) groups is 1. The van der Waals surface area contributed by atoms with Crippen LogP contribution in [0, 0.1) is 10.1 Å². The van der Waals surface area contributed by atoms with Crippen LogP contribution in [0.25, 0.3) is 0 Å². The van der Waals surface area contributed by atoms with Crippen LogP contribution >= 0.6 is 11.8 Å². The molecule has 1 N–H and O–H groups in total. The van der Waals surface area contributed by atoms with Crippen LogP contribution in [0.4, 0.5) is 24.5 Å². The van der Waals surface area contributed by atoms with E-state index in [2.05, 4.69) is 15.3 Å². The van der Waals surface area contributed by atoms with Gasteiger partial charge in [-0.25, -0.2) is 9.97 Å². The Labute approximate surface area is 137 Å². The highest BCUT2D eigenvalue weighted by Crippen LogP contribution is 2.35. The van der Waals surface area contributed by atoms with E-state index in [1.54, 1.807) is 6.07 Å². The highest BCUT2D eigenvalue weighted by Gasteiger charge is 2.33. The summed E-state index contributed by atoms with van der Waals surface area (Å²) < 4.78 is 37.8. The first kappa shape index (κ1) is 17.7. The molecule has 24 heavy (non-hydrogen) atoms. The van der Waals surface area contributed by atoms with Crippen LogP contribution in [0.3, 0.4) is 0 Å². The summed E-state index contributed by atoms with van der Waals surface area (Å²) in [6, 6.07) is 3.48. The highest BCUT2D eigenvalue weighted by molar-refractivity contribution is 7.99. The number of carbonyl (C=O) groups excluding carboxylic acids is 1. The summed E-state index contributed by atoms with van der Waals surface area (Å²) in [4.78, 5) is 29.5. The first-order chi connectivity index (χ1) is 11.3. The van der Waals surface area contributed by atoms with Crippen molar-refractivity contribution in [2.75, 3.05) is 11.1 Å². The monoisotopic (exact) mass is 358 g/mol. The molecule has 0 aliphatic rings. The molecule has 0 aliphatic heterocycles. The van der Waals surface area contributed by atoms with Crippen molar-refractivity contribution in [1.82, 2.24) is 9.97 Å². The van der Waals surface area contributed by atoms with Crippen molar-refractivity contribution in [2.24, 2.45) is 0 Å². The Kier molecular flexibility index (Phi) is 5.34. The number of carbonyl (C=O) groups is 1. The van der Waals surface area contributed by atoms with Crippen molar-refractivity contribution in [3.63, 3.8) is 0 Å². The number of benzene rings is 1. The van der Waals surface area contributed by atoms with Crippen LogP contribution in [0.5, 0.6) is 0 Å². The second-order valence-electron chi connectivity index (χ2n) is 4.36. The first-order valence-corrected chi connectivity index (χ1v) is 7.31. The molecule has 0 saturated carbocycles. The van der Waals surface area contributed by atoms with Crippen molar-refractivity contribution in [2.45, 2.75) is 11.3 Å². The van der Waals surface area contributed by atoms with Gasteiger partial charge in [-0.15, -0.1) is 0 Å². The second kappa shape index (κ2) is 7.25. The van der Waals surface area contributed by atoms with E-state index >= 15 is 0 Å². The molecule has 2 rings (SSSR count). The summed E-state index contributed by atoms with van der Waals surface area (Å²) >= 11 is 0.985. The van der Waals surface area contributed by atoms with Gasteiger partial charge < -0.3 is 5.32 Å². The maximum absolute atomic E-state index is 12.6. The van der Waals surface area contributed by atoms with Crippen LogP contribution in [0.1, 0.15) is 5.56 Å². The van der Waals surface area contributed by atoms with Crippen LogP contribution in [-0.2, 0) is 11.0 Å². The van der Waals surface area contributed by atoms with E-state index in [-0.39, 0.29) is 11.4 Å². The predicted octanol–water partition coefficient (Wildman–Crippen LogP) is 3.13. The SMILES string of the molecule is O=C(CSc1ncccn1)Nc1ccc(C(F)(F)F)cc1[N+](=O)[O-]. The van der Waals surface area contributed by atoms with E-state index in [1.807, 2.05) is 0 Å². The van der Waals surface area contributed by atoms with E-state index in [9.17, 15) is 28.1 Å². The molecular weight excluding hydrogens is 349 g/mol.